The summed E-state index contributed by atoms with van der Waals surface area (Å²) in [5, 5.41) is 9.48. The lowest BCUT2D eigenvalue weighted by Crippen LogP contribution is -2.09. The third kappa shape index (κ3) is 3.92. The van der Waals surface area contributed by atoms with E-state index in [1.165, 1.54) is 0 Å². The number of hydrogen-bond acceptors (Lipinski definition) is 7. The Morgan fingerprint density at radius 2 is 1.84 bits per heavy atom. The summed E-state index contributed by atoms with van der Waals surface area (Å²) < 4.78 is 28.1. The van der Waals surface area contributed by atoms with Crippen molar-refractivity contribution in [1.82, 2.24) is 19.5 Å². The number of carbonyl (C=O) groups excluding carboxylic acids is 1. The molecule has 9 heteroatoms. The lowest BCUT2D eigenvalue weighted by atomic mass is 9.95. The number of hydrogen-bond donors (Lipinski definition) is 0. The molecule has 0 saturated heterocycles. The first-order valence-corrected chi connectivity index (χ1v) is 14.0. The van der Waals surface area contributed by atoms with Gasteiger partial charge in [0.15, 0.2) is 27.1 Å². The minimum atomic E-state index is -3.65. The molecule has 2 saturated carbocycles. The maximum Gasteiger partial charge on any atom is 0.180 e. The van der Waals surface area contributed by atoms with Gasteiger partial charge < -0.3 is 4.57 Å². The molecular formula is C28H25N5O3S. The minimum Gasteiger partial charge on any atom is -0.310 e. The molecular weight excluding hydrogens is 486 g/mol. The number of aryl methyl sites for hydroxylation is 1. The van der Waals surface area contributed by atoms with E-state index in [1.807, 2.05) is 24.3 Å². The lowest BCUT2D eigenvalue weighted by Gasteiger charge is -2.12. The van der Waals surface area contributed by atoms with Crippen molar-refractivity contribution in [1.29, 1.82) is 5.26 Å². The molecule has 2 fully saturated rings. The van der Waals surface area contributed by atoms with Gasteiger partial charge in [-0.25, -0.2) is 18.4 Å². The summed E-state index contributed by atoms with van der Waals surface area (Å²) in [5.74, 6) is 0.433. The Bertz CT molecular complexity index is 1720. The third-order valence-corrected chi connectivity index (χ3v) is 9.20. The van der Waals surface area contributed by atoms with Crippen LogP contribution in [0.5, 0.6) is 0 Å². The van der Waals surface area contributed by atoms with E-state index in [2.05, 4.69) is 21.0 Å². The molecule has 3 aromatic heterocycles. The van der Waals surface area contributed by atoms with Crippen LogP contribution in [0, 0.1) is 17.2 Å². The summed E-state index contributed by atoms with van der Waals surface area (Å²) in [4.78, 5) is 26.3. The zero-order valence-corrected chi connectivity index (χ0v) is 21.4. The molecule has 186 valence electrons. The van der Waals surface area contributed by atoms with E-state index >= 15 is 0 Å². The Balaban J connectivity index is 1.44. The average molecular weight is 512 g/mol. The summed E-state index contributed by atoms with van der Waals surface area (Å²) >= 11 is 0. The fourth-order valence-electron chi connectivity index (χ4n) is 4.74. The van der Waals surface area contributed by atoms with Crippen LogP contribution >= 0.6 is 0 Å². The van der Waals surface area contributed by atoms with E-state index in [0.717, 1.165) is 36.8 Å². The van der Waals surface area contributed by atoms with Gasteiger partial charge in [-0.15, -0.1) is 0 Å². The van der Waals surface area contributed by atoms with Gasteiger partial charge in [0, 0.05) is 36.5 Å². The van der Waals surface area contributed by atoms with E-state index < -0.39 is 9.84 Å². The number of fused-ring (bicyclic) bond motifs is 1. The second-order valence-corrected chi connectivity index (χ2v) is 12.2. The largest absolute Gasteiger partial charge is 0.310 e. The first-order valence-electron chi connectivity index (χ1n) is 12.4. The van der Waals surface area contributed by atoms with Crippen LogP contribution in [-0.4, -0.2) is 39.5 Å². The number of pyridine rings is 2. The Morgan fingerprint density at radius 3 is 2.46 bits per heavy atom. The summed E-state index contributed by atoms with van der Waals surface area (Å²) in [7, 11) is -1.88. The molecule has 0 bridgehead atoms. The molecule has 0 amide bonds. The summed E-state index contributed by atoms with van der Waals surface area (Å²) in [6.07, 6.45) is 6.74. The second kappa shape index (κ2) is 8.32. The van der Waals surface area contributed by atoms with Gasteiger partial charge in [-0.1, -0.05) is 31.2 Å². The van der Waals surface area contributed by atoms with Crippen LogP contribution in [0.4, 0.5) is 0 Å². The lowest BCUT2D eigenvalue weighted by molar-refractivity contribution is 0.0967. The molecule has 0 unspecified atom stereocenters. The smallest absolute Gasteiger partial charge is 0.180 e. The highest BCUT2D eigenvalue weighted by Crippen LogP contribution is 2.47. The second-order valence-electron chi connectivity index (χ2n) is 9.95. The minimum absolute atomic E-state index is 0.0710. The number of imidazole rings is 1. The van der Waals surface area contributed by atoms with Crippen molar-refractivity contribution in [3.8, 4) is 28.7 Å². The molecule has 1 aromatic carbocycles. The SMILES string of the molecule is CCS(=O)(=O)c1cc(-c2ccc(C3(C#N)CC3)cc2)cnc1-c1nc2cc(C(=O)C3CC3)cnc2n1C. The number of carbonyl (C=O) groups is 1. The van der Waals surface area contributed by atoms with Crippen molar-refractivity contribution in [3.05, 3.63) is 59.9 Å². The normalized spacial score (nSPS) is 16.5. The molecule has 4 aromatic rings. The van der Waals surface area contributed by atoms with Gasteiger partial charge in [0.1, 0.15) is 11.2 Å². The van der Waals surface area contributed by atoms with Gasteiger partial charge in [0.2, 0.25) is 0 Å². The average Bonchev–Trinajstić information content (AvgIpc) is 3.86. The van der Waals surface area contributed by atoms with E-state index in [4.69, 9.17) is 0 Å². The van der Waals surface area contributed by atoms with Gasteiger partial charge in [0.25, 0.3) is 0 Å². The van der Waals surface area contributed by atoms with Gasteiger partial charge >= 0.3 is 0 Å². The molecule has 6 rings (SSSR count). The van der Waals surface area contributed by atoms with E-state index in [1.54, 1.807) is 43.1 Å². The fourth-order valence-corrected chi connectivity index (χ4v) is 5.79. The van der Waals surface area contributed by atoms with E-state index in [9.17, 15) is 18.5 Å². The van der Waals surface area contributed by atoms with Crippen LogP contribution in [0.1, 0.15) is 48.5 Å². The number of rotatable bonds is 7. The molecule has 0 aliphatic heterocycles. The van der Waals surface area contributed by atoms with Gasteiger partial charge in [-0.2, -0.15) is 5.26 Å². The topological polar surface area (TPSA) is 119 Å². The van der Waals surface area contributed by atoms with Crippen molar-refractivity contribution in [2.75, 3.05) is 5.75 Å². The van der Waals surface area contributed by atoms with Crippen LogP contribution in [-0.2, 0) is 22.3 Å². The predicted molar refractivity (Wildman–Crippen MR) is 138 cm³/mol. The molecule has 2 aliphatic carbocycles. The Labute approximate surface area is 214 Å². The first kappa shape index (κ1) is 23.5. The molecule has 0 atom stereocenters. The van der Waals surface area contributed by atoms with Crippen LogP contribution in [0.15, 0.2) is 53.7 Å². The van der Waals surface area contributed by atoms with E-state index in [-0.39, 0.29) is 33.5 Å². The van der Waals surface area contributed by atoms with Gasteiger partial charge in [-0.05, 0) is 48.9 Å². The number of benzene rings is 1. The molecule has 0 radical (unpaired) electrons. The van der Waals surface area contributed by atoms with Crippen LogP contribution < -0.4 is 0 Å². The van der Waals surface area contributed by atoms with Crippen molar-refractivity contribution >= 4 is 26.8 Å². The molecule has 0 N–H and O–H groups in total. The van der Waals surface area contributed by atoms with Gasteiger partial charge in [-0.3, -0.25) is 9.78 Å². The quantitative estimate of drug-likeness (QED) is 0.332. The molecule has 37 heavy (non-hydrogen) atoms. The zero-order valence-electron chi connectivity index (χ0n) is 20.6. The molecule has 2 aliphatic rings. The van der Waals surface area contributed by atoms with Crippen molar-refractivity contribution in [2.24, 2.45) is 13.0 Å². The molecule has 3 heterocycles. The van der Waals surface area contributed by atoms with Crippen LogP contribution in [0.3, 0.4) is 0 Å². The zero-order chi connectivity index (χ0) is 25.9. The Kier molecular flexibility index (Phi) is 5.28. The maximum atomic E-state index is 13.2. The summed E-state index contributed by atoms with van der Waals surface area (Å²) in [5.41, 5.74) is 3.94. The summed E-state index contributed by atoms with van der Waals surface area (Å²) in [6, 6.07) is 13.5. The third-order valence-electron chi connectivity index (χ3n) is 7.46. The Hall–Kier alpha value is -3.90. The number of nitriles is 1. The predicted octanol–water partition coefficient (Wildman–Crippen LogP) is 4.64. The van der Waals surface area contributed by atoms with E-state index in [0.29, 0.717) is 28.1 Å². The van der Waals surface area contributed by atoms with Crippen LogP contribution in [0.25, 0.3) is 33.8 Å². The number of Topliss-reactive ketones (excluding diaryl/α,β-unsaturated/α-hetero) is 1. The van der Waals surface area contributed by atoms with Crippen molar-refractivity contribution in [2.45, 2.75) is 42.9 Å². The van der Waals surface area contributed by atoms with Crippen molar-refractivity contribution < 1.29 is 13.2 Å². The number of aromatic nitrogens is 4. The number of sulfone groups is 1. The monoisotopic (exact) mass is 511 g/mol. The molecule has 8 nitrogen and oxygen atoms in total. The molecule has 0 spiro atoms. The van der Waals surface area contributed by atoms with Crippen molar-refractivity contribution in [3.63, 3.8) is 0 Å². The maximum absolute atomic E-state index is 13.2. The van der Waals surface area contributed by atoms with Gasteiger partial charge in [0.05, 0.1) is 22.1 Å². The summed E-state index contributed by atoms with van der Waals surface area (Å²) in [6.45, 7) is 1.60. The van der Waals surface area contributed by atoms with Crippen LogP contribution in [0.2, 0.25) is 0 Å². The first-order chi connectivity index (χ1) is 17.8. The number of ketones is 1. The standard InChI is InChI=1S/C28H25N5O3S/c1-3-37(35,36)23-13-19(17-6-8-21(9-7-17)28(16-29)10-11-28)14-30-24(23)27-32-22-12-20(25(34)18-4-5-18)15-31-26(22)33(27)2/h6-9,12-15,18H,3-5,10-11H2,1-2H3. The highest BCUT2D eigenvalue weighted by molar-refractivity contribution is 7.91. The highest BCUT2D eigenvalue weighted by atomic mass is 32.2. The number of nitrogens with zero attached hydrogens (tertiary/aromatic N) is 5. The highest BCUT2D eigenvalue weighted by Gasteiger charge is 2.44. The fraction of sp³-hybridized carbons (Fsp3) is 0.321. The Morgan fingerprint density at radius 1 is 1.11 bits per heavy atom.